The minimum absolute atomic E-state index is 0.241. The molecule has 3 atom stereocenters. The van der Waals surface area contributed by atoms with Gasteiger partial charge in [-0.3, -0.25) is 0 Å². The molecule has 2 nitrogen and oxygen atoms in total. The first-order chi connectivity index (χ1) is 9.79. The smallest absolute Gasteiger partial charge is 0.0783 e. The highest BCUT2D eigenvalue weighted by molar-refractivity contribution is 7.99. The average molecular weight is 300 g/mol. The predicted molar refractivity (Wildman–Crippen MR) is 89.6 cm³/mol. The van der Waals surface area contributed by atoms with E-state index in [1.165, 1.54) is 69.3 Å². The van der Waals surface area contributed by atoms with E-state index in [4.69, 9.17) is 4.74 Å². The first-order valence-electron chi connectivity index (χ1n) is 8.68. The van der Waals surface area contributed by atoms with Crippen LogP contribution in [0.2, 0.25) is 0 Å². The van der Waals surface area contributed by atoms with E-state index in [1.54, 1.807) is 0 Å². The minimum Gasteiger partial charge on any atom is -0.374 e. The van der Waals surface area contributed by atoms with Crippen LogP contribution in [0, 0.1) is 5.92 Å². The van der Waals surface area contributed by atoms with Crippen molar-refractivity contribution in [2.45, 2.75) is 76.4 Å². The normalized spacial score (nSPS) is 31.8. The van der Waals surface area contributed by atoms with E-state index >= 15 is 0 Å². The summed E-state index contributed by atoms with van der Waals surface area (Å²) in [6, 6.07) is 0.711. The fourth-order valence-corrected chi connectivity index (χ4v) is 5.23. The van der Waals surface area contributed by atoms with Crippen LogP contribution < -0.4 is 5.32 Å². The number of rotatable bonds is 8. The Morgan fingerprint density at radius 3 is 2.85 bits per heavy atom. The van der Waals surface area contributed by atoms with E-state index in [-0.39, 0.29) is 5.60 Å². The average Bonchev–Trinajstić information content (AvgIpc) is 2.91. The van der Waals surface area contributed by atoms with Crippen LogP contribution in [0.5, 0.6) is 0 Å². The van der Waals surface area contributed by atoms with Crippen molar-refractivity contribution in [2.24, 2.45) is 5.92 Å². The van der Waals surface area contributed by atoms with Gasteiger partial charge in [-0.1, -0.05) is 39.0 Å². The Labute approximate surface area is 129 Å². The Kier molecular flexibility index (Phi) is 7.20. The molecule has 3 unspecified atom stereocenters. The summed E-state index contributed by atoms with van der Waals surface area (Å²) in [6.45, 7) is 3.27. The molecular formula is C17H33NOS. The highest BCUT2D eigenvalue weighted by atomic mass is 32.2. The summed E-state index contributed by atoms with van der Waals surface area (Å²) in [4.78, 5) is 0. The van der Waals surface area contributed by atoms with Gasteiger partial charge in [0.15, 0.2) is 0 Å². The molecule has 0 bridgehead atoms. The molecule has 118 valence electrons. The summed E-state index contributed by atoms with van der Waals surface area (Å²) in [7, 11) is 2.16. The summed E-state index contributed by atoms with van der Waals surface area (Å²) >= 11 is 2.08. The van der Waals surface area contributed by atoms with Gasteiger partial charge in [0.1, 0.15) is 0 Å². The summed E-state index contributed by atoms with van der Waals surface area (Å²) < 4.78 is 6.16. The predicted octanol–water partition coefficient (Wildman–Crippen LogP) is 4.24. The lowest BCUT2D eigenvalue weighted by molar-refractivity contribution is -0.0852. The second-order valence-corrected chi connectivity index (χ2v) is 7.79. The quantitative estimate of drug-likeness (QED) is 0.677. The van der Waals surface area contributed by atoms with Gasteiger partial charge in [-0.05, 0) is 44.4 Å². The molecule has 2 aliphatic rings. The van der Waals surface area contributed by atoms with Gasteiger partial charge in [-0.2, -0.15) is 11.8 Å². The van der Waals surface area contributed by atoms with Gasteiger partial charge in [-0.25, -0.2) is 0 Å². The molecule has 2 rings (SSSR count). The number of hydrogen-bond acceptors (Lipinski definition) is 3. The van der Waals surface area contributed by atoms with E-state index < -0.39 is 0 Å². The summed E-state index contributed by atoms with van der Waals surface area (Å²) in [6.07, 6.45) is 12.2. The van der Waals surface area contributed by atoms with Gasteiger partial charge in [0.25, 0.3) is 0 Å². The lowest BCUT2D eigenvalue weighted by Crippen LogP contribution is -2.46. The Morgan fingerprint density at radius 2 is 2.15 bits per heavy atom. The van der Waals surface area contributed by atoms with E-state index in [9.17, 15) is 0 Å². The zero-order valence-electron chi connectivity index (χ0n) is 13.5. The van der Waals surface area contributed by atoms with Crippen LogP contribution in [0.3, 0.4) is 0 Å². The molecule has 2 saturated heterocycles. The highest BCUT2D eigenvalue weighted by Gasteiger charge is 2.42. The van der Waals surface area contributed by atoms with Crippen LogP contribution >= 0.6 is 11.8 Å². The first kappa shape index (κ1) is 16.6. The Hall–Kier alpha value is 0.270. The maximum Gasteiger partial charge on any atom is 0.0783 e. The SMILES string of the molecule is CCCCCCCC(NC)C1CCOC2(CCSC2)C1. The molecule has 0 aliphatic carbocycles. The molecule has 0 amide bonds. The number of nitrogens with one attached hydrogen (secondary N) is 1. The molecule has 20 heavy (non-hydrogen) atoms. The summed E-state index contributed by atoms with van der Waals surface area (Å²) in [5.74, 6) is 3.36. The lowest BCUT2D eigenvalue weighted by Gasteiger charge is -2.41. The van der Waals surface area contributed by atoms with Crippen molar-refractivity contribution >= 4 is 11.8 Å². The van der Waals surface area contributed by atoms with E-state index in [0.29, 0.717) is 6.04 Å². The molecule has 0 aromatic heterocycles. The third-order valence-corrected chi connectivity index (χ3v) is 6.38. The summed E-state index contributed by atoms with van der Waals surface area (Å²) in [5.41, 5.74) is 0.241. The van der Waals surface area contributed by atoms with Gasteiger partial charge in [0, 0.05) is 18.4 Å². The third-order valence-electron chi connectivity index (χ3n) is 5.16. The van der Waals surface area contributed by atoms with Crippen LogP contribution in [0.4, 0.5) is 0 Å². The highest BCUT2D eigenvalue weighted by Crippen LogP contribution is 2.41. The number of thioether (sulfide) groups is 1. The zero-order valence-corrected chi connectivity index (χ0v) is 14.3. The third kappa shape index (κ3) is 4.64. The van der Waals surface area contributed by atoms with Crippen molar-refractivity contribution in [3.63, 3.8) is 0 Å². The lowest BCUT2D eigenvalue weighted by atomic mass is 9.80. The van der Waals surface area contributed by atoms with Gasteiger partial charge < -0.3 is 10.1 Å². The van der Waals surface area contributed by atoms with E-state index in [2.05, 4.69) is 31.1 Å². The van der Waals surface area contributed by atoms with E-state index in [0.717, 1.165) is 12.5 Å². The Balaban J connectivity index is 1.75. The molecule has 0 saturated carbocycles. The van der Waals surface area contributed by atoms with Crippen molar-refractivity contribution < 1.29 is 4.74 Å². The second kappa shape index (κ2) is 8.65. The van der Waals surface area contributed by atoms with E-state index in [1.807, 2.05) is 0 Å². The van der Waals surface area contributed by atoms with Crippen LogP contribution in [0.15, 0.2) is 0 Å². The topological polar surface area (TPSA) is 21.3 Å². The number of ether oxygens (including phenoxy) is 1. The standard InChI is InChI=1S/C17H33NOS/c1-3-4-5-6-7-8-16(18-2)15-9-11-19-17(13-15)10-12-20-14-17/h15-16,18H,3-14H2,1-2H3. The van der Waals surface area contributed by atoms with Crippen LogP contribution in [-0.4, -0.2) is 36.8 Å². The van der Waals surface area contributed by atoms with Crippen LogP contribution in [-0.2, 0) is 4.74 Å². The molecule has 3 heteroatoms. The molecule has 2 fully saturated rings. The fraction of sp³-hybridized carbons (Fsp3) is 1.00. The summed E-state index contributed by atoms with van der Waals surface area (Å²) in [5, 5.41) is 3.61. The maximum atomic E-state index is 6.16. The second-order valence-electron chi connectivity index (χ2n) is 6.68. The van der Waals surface area contributed by atoms with Crippen molar-refractivity contribution in [2.75, 3.05) is 25.2 Å². The van der Waals surface area contributed by atoms with Crippen molar-refractivity contribution in [1.82, 2.24) is 5.32 Å². The molecule has 2 aliphatic heterocycles. The minimum atomic E-state index is 0.241. The van der Waals surface area contributed by atoms with Crippen molar-refractivity contribution in [3.05, 3.63) is 0 Å². The van der Waals surface area contributed by atoms with Gasteiger partial charge in [-0.15, -0.1) is 0 Å². The van der Waals surface area contributed by atoms with Crippen molar-refractivity contribution in [1.29, 1.82) is 0 Å². The largest absolute Gasteiger partial charge is 0.374 e. The zero-order chi connectivity index (χ0) is 14.3. The van der Waals surface area contributed by atoms with Crippen LogP contribution in [0.25, 0.3) is 0 Å². The Morgan fingerprint density at radius 1 is 1.30 bits per heavy atom. The maximum absolute atomic E-state index is 6.16. The monoisotopic (exact) mass is 299 g/mol. The molecule has 0 radical (unpaired) electrons. The van der Waals surface area contributed by atoms with Crippen LogP contribution in [0.1, 0.15) is 64.7 Å². The molecule has 2 heterocycles. The van der Waals surface area contributed by atoms with Gasteiger partial charge >= 0.3 is 0 Å². The molecule has 1 N–H and O–H groups in total. The molecule has 1 spiro atoms. The molecular weight excluding hydrogens is 266 g/mol. The fourth-order valence-electron chi connectivity index (χ4n) is 3.86. The van der Waals surface area contributed by atoms with Gasteiger partial charge in [0.05, 0.1) is 5.60 Å². The first-order valence-corrected chi connectivity index (χ1v) is 9.84. The van der Waals surface area contributed by atoms with Gasteiger partial charge in [0.2, 0.25) is 0 Å². The number of unbranched alkanes of at least 4 members (excludes halogenated alkanes) is 4. The Bertz CT molecular complexity index is 266. The van der Waals surface area contributed by atoms with Crippen molar-refractivity contribution in [3.8, 4) is 0 Å². The molecule has 0 aromatic rings. The number of hydrogen-bond donors (Lipinski definition) is 1. The molecule has 0 aromatic carbocycles.